The third kappa shape index (κ3) is 4.77. The summed E-state index contributed by atoms with van der Waals surface area (Å²) in [6.45, 7) is 1.91. The second-order valence-corrected chi connectivity index (χ2v) is 8.48. The third-order valence-corrected chi connectivity index (χ3v) is 6.28. The highest BCUT2D eigenvalue weighted by molar-refractivity contribution is 5.84. The van der Waals surface area contributed by atoms with E-state index in [9.17, 15) is 14.4 Å². The number of fused-ring (bicyclic) bond motifs is 3. The van der Waals surface area contributed by atoms with Crippen LogP contribution in [0.25, 0.3) is 11.1 Å². The summed E-state index contributed by atoms with van der Waals surface area (Å²) in [7, 11) is 0. The van der Waals surface area contributed by atoms with Crippen LogP contribution in [0.5, 0.6) is 0 Å². The molecule has 2 aromatic rings. The fraction of sp³-hybridized carbons (Fsp3) is 0.400. The maximum absolute atomic E-state index is 12.6. The average Bonchev–Trinajstić information content (AvgIpc) is 3.58. The maximum Gasteiger partial charge on any atom is 0.407 e. The molecule has 2 atom stereocenters. The van der Waals surface area contributed by atoms with Crippen LogP contribution in [0.1, 0.15) is 49.7 Å². The summed E-state index contributed by atoms with van der Waals surface area (Å²) < 4.78 is 5.59. The van der Waals surface area contributed by atoms with Gasteiger partial charge < -0.3 is 20.5 Å². The number of aliphatic carboxylic acids is 1. The van der Waals surface area contributed by atoms with Gasteiger partial charge in [-0.25, -0.2) is 9.59 Å². The second kappa shape index (κ2) is 9.42. The van der Waals surface area contributed by atoms with Gasteiger partial charge in [-0.2, -0.15) is 0 Å². The number of hydrogen-bond donors (Lipinski definition) is 3. The van der Waals surface area contributed by atoms with Crippen molar-refractivity contribution in [1.82, 2.24) is 10.6 Å². The van der Waals surface area contributed by atoms with Gasteiger partial charge in [0.1, 0.15) is 12.6 Å². The van der Waals surface area contributed by atoms with Crippen molar-refractivity contribution in [3.63, 3.8) is 0 Å². The molecule has 0 saturated heterocycles. The molecule has 0 heterocycles. The Bertz CT molecular complexity index is 971. The zero-order chi connectivity index (χ0) is 22.7. The number of rotatable bonds is 9. The zero-order valence-corrected chi connectivity index (χ0v) is 18.0. The predicted molar refractivity (Wildman–Crippen MR) is 119 cm³/mol. The van der Waals surface area contributed by atoms with Gasteiger partial charge in [0.15, 0.2) is 0 Å². The molecular weight excluding hydrogens is 408 g/mol. The van der Waals surface area contributed by atoms with Crippen molar-refractivity contribution in [3.8, 4) is 11.1 Å². The molecule has 7 nitrogen and oxygen atoms in total. The van der Waals surface area contributed by atoms with Crippen LogP contribution >= 0.6 is 0 Å². The number of carbonyl (C=O) groups is 3. The Balaban J connectivity index is 1.36. The zero-order valence-electron chi connectivity index (χ0n) is 18.0. The Kier molecular flexibility index (Phi) is 6.44. The Morgan fingerprint density at radius 3 is 2.12 bits per heavy atom. The summed E-state index contributed by atoms with van der Waals surface area (Å²) in [6, 6.07) is 15.0. The second-order valence-electron chi connectivity index (χ2n) is 8.48. The lowest BCUT2D eigenvalue weighted by Gasteiger charge is -2.20. The largest absolute Gasteiger partial charge is 0.480 e. The minimum Gasteiger partial charge on any atom is -0.480 e. The Morgan fingerprint density at radius 2 is 1.59 bits per heavy atom. The van der Waals surface area contributed by atoms with Crippen LogP contribution in [0.4, 0.5) is 4.79 Å². The highest BCUT2D eigenvalue weighted by Gasteiger charge is 2.35. The van der Waals surface area contributed by atoms with E-state index in [1.54, 1.807) is 6.92 Å². The summed E-state index contributed by atoms with van der Waals surface area (Å²) in [5, 5.41) is 14.5. The van der Waals surface area contributed by atoms with E-state index in [2.05, 4.69) is 34.9 Å². The molecular formula is C25H28N2O5. The van der Waals surface area contributed by atoms with Gasteiger partial charge in [-0.05, 0) is 47.4 Å². The fourth-order valence-corrected chi connectivity index (χ4v) is 4.42. The molecule has 2 unspecified atom stereocenters. The minimum atomic E-state index is -1.06. The number of alkyl carbamates (subject to hydrolysis) is 1. The van der Waals surface area contributed by atoms with Crippen molar-refractivity contribution >= 4 is 18.0 Å². The summed E-state index contributed by atoms with van der Waals surface area (Å²) in [4.78, 5) is 36.0. The normalized spacial score (nSPS) is 16.4. The van der Waals surface area contributed by atoms with E-state index < -0.39 is 18.1 Å². The SMILES string of the molecule is CCC(NC(=O)CC(NC(=O)OCC1c2ccccc2-c2ccccc21)C1CC1)C(=O)O. The van der Waals surface area contributed by atoms with Crippen LogP contribution in [0, 0.1) is 5.92 Å². The molecule has 0 radical (unpaired) electrons. The Labute approximate surface area is 187 Å². The van der Waals surface area contributed by atoms with Gasteiger partial charge in [-0.15, -0.1) is 0 Å². The number of nitrogens with one attached hydrogen (secondary N) is 2. The van der Waals surface area contributed by atoms with Crippen molar-refractivity contribution in [2.24, 2.45) is 5.92 Å². The minimum absolute atomic E-state index is 0.0308. The van der Waals surface area contributed by atoms with E-state index in [1.807, 2.05) is 24.3 Å². The first-order chi connectivity index (χ1) is 15.5. The summed E-state index contributed by atoms with van der Waals surface area (Å²) >= 11 is 0. The van der Waals surface area contributed by atoms with E-state index in [4.69, 9.17) is 9.84 Å². The number of amides is 2. The number of benzene rings is 2. The first-order valence-electron chi connectivity index (χ1n) is 11.1. The number of hydrogen-bond acceptors (Lipinski definition) is 4. The fourth-order valence-electron chi connectivity index (χ4n) is 4.42. The Morgan fingerprint density at radius 1 is 1.00 bits per heavy atom. The number of carboxylic acid groups (broad SMARTS) is 1. The molecule has 0 bridgehead atoms. The topological polar surface area (TPSA) is 105 Å². The first kappa shape index (κ1) is 21.9. The van der Waals surface area contributed by atoms with Crippen LogP contribution in [0.15, 0.2) is 48.5 Å². The molecule has 2 amide bonds. The van der Waals surface area contributed by atoms with Gasteiger partial charge in [0.05, 0.1) is 0 Å². The van der Waals surface area contributed by atoms with Gasteiger partial charge in [0.2, 0.25) is 5.91 Å². The number of ether oxygens (including phenoxy) is 1. The molecule has 1 fully saturated rings. The highest BCUT2D eigenvalue weighted by Crippen LogP contribution is 2.44. The number of carboxylic acids is 1. The molecule has 2 aromatic carbocycles. The molecule has 2 aliphatic rings. The van der Waals surface area contributed by atoms with Crippen LogP contribution in [-0.4, -0.2) is 41.8 Å². The van der Waals surface area contributed by atoms with Gasteiger partial charge in [-0.1, -0.05) is 55.5 Å². The smallest absolute Gasteiger partial charge is 0.407 e. The lowest BCUT2D eigenvalue weighted by Crippen LogP contribution is -2.45. The van der Waals surface area contributed by atoms with Crippen LogP contribution in [0.3, 0.4) is 0 Å². The van der Waals surface area contributed by atoms with Crippen molar-refractivity contribution in [2.45, 2.75) is 50.6 Å². The van der Waals surface area contributed by atoms with Crippen LogP contribution < -0.4 is 10.6 Å². The van der Waals surface area contributed by atoms with Crippen molar-refractivity contribution in [3.05, 3.63) is 59.7 Å². The lowest BCUT2D eigenvalue weighted by molar-refractivity contribution is -0.142. The first-order valence-corrected chi connectivity index (χ1v) is 11.1. The maximum atomic E-state index is 12.6. The lowest BCUT2D eigenvalue weighted by atomic mass is 9.98. The highest BCUT2D eigenvalue weighted by atomic mass is 16.5. The molecule has 1 saturated carbocycles. The van der Waals surface area contributed by atoms with Crippen LogP contribution in [0.2, 0.25) is 0 Å². The van der Waals surface area contributed by atoms with Gasteiger partial charge in [-0.3, -0.25) is 4.79 Å². The van der Waals surface area contributed by atoms with E-state index >= 15 is 0 Å². The quantitative estimate of drug-likeness (QED) is 0.556. The molecule has 7 heteroatoms. The molecule has 0 spiro atoms. The van der Waals surface area contributed by atoms with E-state index in [1.165, 1.54) is 0 Å². The molecule has 2 aliphatic carbocycles. The van der Waals surface area contributed by atoms with Gasteiger partial charge in [0, 0.05) is 18.4 Å². The third-order valence-electron chi connectivity index (χ3n) is 6.28. The monoisotopic (exact) mass is 436 g/mol. The summed E-state index contributed by atoms with van der Waals surface area (Å²) in [5.74, 6) is -1.26. The summed E-state index contributed by atoms with van der Waals surface area (Å²) in [5.41, 5.74) is 4.60. The predicted octanol–water partition coefficient (Wildman–Crippen LogP) is 3.67. The van der Waals surface area contributed by atoms with E-state index in [0.717, 1.165) is 35.1 Å². The van der Waals surface area contributed by atoms with Gasteiger partial charge in [0.25, 0.3) is 0 Å². The standard InChI is InChI=1S/C25H28N2O5/c1-2-21(24(29)30)26-23(28)13-22(15-11-12-15)27-25(31)32-14-20-18-9-5-3-7-16(18)17-8-4-6-10-19(17)20/h3-10,15,20-22H,2,11-14H2,1H3,(H,26,28)(H,27,31)(H,29,30). The van der Waals surface area contributed by atoms with Gasteiger partial charge >= 0.3 is 12.1 Å². The van der Waals surface area contributed by atoms with E-state index in [-0.39, 0.29) is 36.8 Å². The molecule has 32 heavy (non-hydrogen) atoms. The van der Waals surface area contributed by atoms with Crippen molar-refractivity contribution in [1.29, 1.82) is 0 Å². The van der Waals surface area contributed by atoms with Crippen molar-refractivity contribution < 1.29 is 24.2 Å². The van der Waals surface area contributed by atoms with E-state index in [0.29, 0.717) is 6.42 Å². The molecule has 0 aliphatic heterocycles. The Hall–Kier alpha value is -3.35. The number of carbonyl (C=O) groups excluding carboxylic acids is 2. The molecule has 3 N–H and O–H groups in total. The average molecular weight is 437 g/mol. The molecule has 0 aromatic heterocycles. The molecule has 168 valence electrons. The van der Waals surface area contributed by atoms with Crippen LogP contribution in [-0.2, 0) is 14.3 Å². The summed E-state index contributed by atoms with van der Waals surface area (Å²) in [6.07, 6.45) is 1.64. The molecule has 4 rings (SSSR count). The van der Waals surface area contributed by atoms with Crippen molar-refractivity contribution in [2.75, 3.05) is 6.61 Å².